The molecule has 0 aliphatic carbocycles. The number of hydrogen-bond donors (Lipinski definition) is 2. The summed E-state index contributed by atoms with van der Waals surface area (Å²) in [4.78, 5) is 29.9. The summed E-state index contributed by atoms with van der Waals surface area (Å²) in [6.07, 6.45) is 0. The topological polar surface area (TPSA) is 101 Å². The molecular formula is C16H13ClN4O3. The van der Waals surface area contributed by atoms with Gasteiger partial charge in [0, 0.05) is 11.6 Å². The van der Waals surface area contributed by atoms with E-state index in [0.717, 1.165) is 22.7 Å². The number of imidazole rings is 1. The maximum absolute atomic E-state index is 12.2. The monoisotopic (exact) mass is 344 g/mol. The molecule has 0 saturated heterocycles. The molecule has 0 atom stereocenters. The number of aryl methyl sites for hydroxylation is 1. The molecule has 0 radical (unpaired) electrons. The van der Waals surface area contributed by atoms with Crippen LogP contribution in [0.25, 0.3) is 11.0 Å². The molecule has 122 valence electrons. The predicted molar refractivity (Wildman–Crippen MR) is 90.1 cm³/mol. The Kier molecular flexibility index (Phi) is 4.18. The summed E-state index contributed by atoms with van der Waals surface area (Å²) in [6.45, 7) is 2.16. The zero-order valence-electron chi connectivity index (χ0n) is 12.7. The highest BCUT2D eigenvalue weighted by molar-refractivity contribution is 6.32. The first kappa shape index (κ1) is 15.9. The zero-order valence-corrected chi connectivity index (χ0v) is 13.4. The van der Waals surface area contributed by atoms with Gasteiger partial charge < -0.3 is 10.3 Å². The van der Waals surface area contributed by atoms with Crippen molar-refractivity contribution in [1.82, 2.24) is 15.3 Å². The van der Waals surface area contributed by atoms with Crippen LogP contribution >= 0.6 is 11.6 Å². The predicted octanol–water partition coefficient (Wildman–Crippen LogP) is 3.36. The van der Waals surface area contributed by atoms with E-state index in [1.807, 2.05) is 25.1 Å². The van der Waals surface area contributed by atoms with Crippen molar-refractivity contribution in [2.45, 2.75) is 13.5 Å². The van der Waals surface area contributed by atoms with Crippen molar-refractivity contribution < 1.29 is 9.72 Å². The molecule has 3 aromatic rings. The molecule has 1 amide bonds. The molecule has 0 bridgehead atoms. The van der Waals surface area contributed by atoms with E-state index in [4.69, 9.17) is 11.6 Å². The number of nitro benzene ring substituents is 1. The average molecular weight is 345 g/mol. The standard InChI is InChI=1S/C16H13ClN4O3/c1-9-2-5-12-13(6-9)20-15(19-12)8-18-16(22)10-3-4-11(17)14(7-10)21(23)24/h2-7H,8H2,1H3,(H,18,22)(H,19,20). The molecule has 0 aliphatic rings. The molecule has 0 aliphatic heterocycles. The van der Waals surface area contributed by atoms with Crippen LogP contribution in [-0.2, 0) is 6.54 Å². The molecule has 1 aromatic heterocycles. The van der Waals surface area contributed by atoms with Gasteiger partial charge in [0.2, 0.25) is 0 Å². The molecule has 2 aromatic carbocycles. The van der Waals surface area contributed by atoms with Crippen LogP contribution in [0.4, 0.5) is 5.69 Å². The Bertz CT molecular complexity index is 952. The van der Waals surface area contributed by atoms with Crippen molar-refractivity contribution in [1.29, 1.82) is 0 Å². The number of aromatic amines is 1. The van der Waals surface area contributed by atoms with Crippen molar-refractivity contribution in [2.75, 3.05) is 0 Å². The van der Waals surface area contributed by atoms with Gasteiger partial charge in [-0.2, -0.15) is 0 Å². The molecule has 8 heteroatoms. The minimum Gasteiger partial charge on any atom is -0.345 e. The van der Waals surface area contributed by atoms with E-state index in [0.29, 0.717) is 5.82 Å². The van der Waals surface area contributed by atoms with E-state index in [1.54, 1.807) is 0 Å². The normalized spacial score (nSPS) is 10.8. The summed E-state index contributed by atoms with van der Waals surface area (Å²) in [7, 11) is 0. The Hall–Kier alpha value is -2.93. The fraction of sp³-hybridized carbons (Fsp3) is 0.125. The van der Waals surface area contributed by atoms with Gasteiger partial charge in [0.1, 0.15) is 10.8 Å². The fourth-order valence-corrected chi connectivity index (χ4v) is 2.51. The molecule has 1 heterocycles. The number of nitrogens with one attached hydrogen (secondary N) is 2. The number of carbonyl (C=O) groups excluding carboxylic acids is 1. The second kappa shape index (κ2) is 6.29. The lowest BCUT2D eigenvalue weighted by Gasteiger charge is -2.04. The molecule has 0 saturated carbocycles. The van der Waals surface area contributed by atoms with E-state index < -0.39 is 10.8 Å². The SMILES string of the molecule is Cc1ccc2nc(CNC(=O)c3ccc(Cl)c([N+](=O)[O-])c3)[nH]c2c1. The van der Waals surface area contributed by atoms with Gasteiger partial charge in [0.05, 0.1) is 22.5 Å². The Balaban J connectivity index is 1.74. The molecule has 0 unspecified atom stereocenters. The van der Waals surface area contributed by atoms with Crippen LogP contribution in [0.15, 0.2) is 36.4 Å². The van der Waals surface area contributed by atoms with Gasteiger partial charge in [-0.3, -0.25) is 14.9 Å². The van der Waals surface area contributed by atoms with Crippen LogP contribution in [0.2, 0.25) is 5.02 Å². The third-order valence-electron chi connectivity index (χ3n) is 3.51. The number of nitrogens with zero attached hydrogens (tertiary/aromatic N) is 2. The summed E-state index contributed by atoms with van der Waals surface area (Å²) in [6, 6.07) is 9.74. The first-order chi connectivity index (χ1) is 11.4. The highest BCUT2D eigenvalue weighted by Crippen LogP contribution is 2.25. The van der Waals surface area contributed by atoms with Crippen molar-refractivity contribution in [3.8, 4) is 0 Å². The van der Waals surface area contributed by atoms with Crippen LogP contribution in [0.3, 0.4) is 0 Å². The highest BCUT2D eigenvalue weighted by Gasteiger charge is 2.16. The largest absolute Gasteiger partial charge is 0.345 e. The number of fused-ring (bicyclic) bond motifs is 1. The highest BCUT2D eigenvalue weighted by atomic mass is 35.5. The van der Waals surface area contributed by atoms with E-state index >= 15 is 0 Å². The number of H-pyrrole nitrogens is 1. The van der Waals surface area contributed by atoms with Crippen LogP contribution in [-0.4, -0.2) is 20.8 Å². The van der Waals surface area contributed by atoms with Crippen LogP contribution in [0.1, 0.15) is 21.7 Å². The number of hydrogen-bond acceptors (Lipinski definition) is 4. The fourth-order valence-electron chi connectivity index (χ4n) is 2.32. The van der Waals surface area contributed by atoms with Crippen LogP contribution in [0.5, 0.6) is 0 Å². The lowest BCUT2D eigenvalue weighted by molar-refractivity contribution is -0.384. The Labute approximate surface area is 141 Å². The quantitative estimate of drug-likeness (QED) is 0.559. The Morgan fingerprint density at radius 2 is 2.12 bits per heavy atom. The maximum atomic E-state index is 12.2. The Morgan fingerprint density at radius 3 is 2.88 bits per heavy atom. The summed E-state index contributed by atoms with van der Waals surface area (Å²) >= 11 is 5.74. The number of amides is 1. The van der Waals surface area contributed by atoms with Crippen molar-refractivity contribution >= 4 is 34.2 Å². The van der Waals surface area contributed by atoms with Crippen molar-refractivity contribution in [3.63, 3.8) is 0 Å². The van der Waals surface area contributed by atoms with Gasteiger partial charge in [-0.25, -0.2) is 4.98 Å². The molecule has 2 N–H and O–H groups in total. The van der Waals surface area contributed by atoms with Crippen molar-refractivity contribution in [2.24, 2.45) is 0 Å². The number of rotatable bonds is 4. The number of nitro groups is 1. The number of aromatic nitrogens is 2. The summed E-state index contributed by atoms with van der Waals surface area (Å²) in [5, 5.41) is 13.5. The second-order valence-electron chi connectivity index (χ2n) is 5.31. The van der Waals surface area contributed by atoms with E-state index in [2.05, 4.69) is 15.3 Å². The first-order valence-electron chi connectivity index (χ1n) is 7.11. The van der Waals surface area contributed by atoms with Gasteiger partial charge in [-0.05, 0) is 36.8 Å². The average Bonchev–Trinajstić information content (AvgIpc) is 2.94. The minimum atomic E-state index is -0.624. The van der Waals surface area contributed by atoms with Gasteiger partial charge >= 0.3 is 0 Å². The van der Waals surface area contributed by atoms with Crippen LogP contribution in [0, 0.1) is 17.0 Å². The van der Waals surface area contributed by atoms with E-state index in [9.17, 15) is 14.9 Å². The molecule has 0 fully saturated rings. The summed E-state index contributed by atoms with van der Waals surface area (Å²) in [5.41, 5.74) is 2.67. The first-order valence-corrected chi connectivity index (χ1v) is 7.49. The second-order valence-corrected chi connectivity index (χ2v) is 5.72. The molecule has 7 nitrogen and oxygen atoms in total. The molecular weight excluding hydrogens is 332 g/mol. The number of halogens is 1. The minimum absolute atomic E-state index is 0.01000. The van der Waals surface area contributed by atoms with Crippen LogP contribution < -0.4 is 5.32 Å². The third kappa shape index (κ3) is 3.21. The Morgan fingerprint density at radius 1 is 1.33 bits per heavy atom. The van der Waals surface area contributed by atoms with E-state index in [-0.39, 0.29) is 22.8 Å². The smallest absolute Gasteiger partial charge is 0.288 e. The zero-order chi connectivity index (χ0) is 17.3. The number of benzene rings is 2. The summed E-state index contributed by atoms with van der Waals surface area (Å²) in [5.74, 6) is 0.166. The van der Waals surface area contributed by atoms with Crippen molar-refractivity contribution in [3.05, 3.63) is 68.5 Å². The van der Waals surface area contributed by atoms with Gasteiger partial charge in [-0.1, -0.05) is 17.7 Å². The van der Waals surface area contributed by atoms with E-state index in [1.165, 1.54) is 12.1 Å². The number of carbonyl (C=O) groups is 1. The maximum Gasteiger partial charge on any atom is 0.288 e. The van der Waals surface area contributed by atoms with Gasteiger partial charge in [0.15, 0.2) is 0 Å². The molecule has 0 spiro atoms. The van der Waals surface area contributed by atoms with Gasteiger partial charge in [-0.15, -0.1) is 0 Å². The third-order valence-corrected chi connectivity index (χ3v) is 3.83. The lowest BCUT2D eigenvalue weighted by Crippen LogP contribution is -2.23. The van der Waals surface area contributed by atoms with Gasteiger partial charge in [0.25, 0.3) is 11.6 Å². The lowest BCUT2D eigenvalue weighted by atomic mass is 10.2. The summed E-state index contributed by atoms with van der Waals surface area (Å²) < 4.78 is 0. The molecule has 24 heavy (non-hydrogen) atoms. The molecule has 3 rings (SSSR count).